The van der Waals surface area contributed by atoms with E-state index in [0.717, 1.165) is 17.1 Å². The van der Waals surface area contributed by atoms with Crippen molar-refractivity contribution in [2.75, 3.05) is 13.3 Å². The van der Waals surface area contributed by atoms with Gasteiger partial charge in [0.2, 0.25) is 12.7 Å². The first kappa shape index (κ1) is 17.3. The number of ether oxygens (including phenoxy) is 2. The minimum absolute atomic E-state index is 0.0285. The molecule has 2 aromatic carbocycles. The predicted octanol–water partition coefficient (Wildman–Crippen LogP) is 3.02. The third-order valence-electron chi connectivity index (χ3n) is 4.23. The summed E-state index contributed by atoms with van der Waals surface area (Å²) in [5.41, 5.74) is 2.18. The molecule has 0 aliphatic carbocycles. The number of carbonyl (C=O) groups excluding carboxylic acids is 1. The van der Waals surface area contributed by atoms with Gasteiger partial charge >= 0.3 is 0 Å². The van der Waals surface area contributed by atoms with E-state index in [9.17, 15) is 4.79 Å². The van der Waals surface area contributed by atoms with E-state index in [1.54, 1.807) is 0 Å². The summed E-state index contributed by atoms with van der Waals surface area (Å²) < 4.78 is 10.6. The zero-order valence-corrected chi connectivity index (χ0v) is 14.6. The molecule has 5 nitrogen and oxygen atoms in total. The van der Waals surface area contributed by atoms with Crippen LogP contribution in [0, 0.1) is 5.92 Å². The molecule has 1 aliphatic rings. The molecule has 0 fully saturated rings. The number of carbonyl (C=O) groups is 1. The zero-order valence-electron chi connectivity index (χ0n) is 14.6. The minimum Gasteiger partial charge on any atom is -0.454 e. The number of rotatable bonds is 7. The molecule has 0 spiro atoms. The van der Waals surface area contributed by atoms with Crippen LogP contribution in [0.3, 0.4) is 0 Å². The Bertz CT molecular complexity index is 716. The molecular formula is C20H24N2O3. The van der Waals surface area contributed by atoms with Crippen LogP contribution in [0.1, 0.15) is 31.0 Å². The van der Waals surface area contributed by atoms with Crippen LogP contribution in [0.2, 0.25) is 0 Å². The van der Waals surface area contributed by atoms with E-state index in [1.807, 2.05) is 36.4 Å². The van der Waals surface area contributed by atoms with Gasteiger partial charge in [-0.05, 0) is 29.2 Å². The normalized spacial score (nSPS) is 13.7. The third kappa shape index (κ3) is 4.51. The van der Waals surface area contributed by atoms with Gasteiger partial charge in [0.05, 0.1) is 6.54 Å². The average molecular weight is 340 g/mol. The van der Waals surface area contributed by atoms with Crippen molar-refractivity contribution >= 4 is 5.91 Å². The van der Waals surface area contributed by atoms with E-state index in [-0.39, 0.29) is 25.3 Å². The Morgan fingerprint density at radius 2 is 1.84 bits per heavy atom. The second-order valence-corrected chi connectivity index (χ2v) is 6.48. The van der Waals surface area contributed by atoms with Gasteiger partial charge in [-0.2, -0.15) is 0 Å². The number of benzene rings is 2. The molecule has 0 unspecified atom stereocenters. The van der Waals surface area contributed by atoms with Gasteiger partial charge < -0.3 is 20.1 Å². The van der Waals surface area contributed by atoms with Gasteiger partial charge in [-0.15, -0.1) is 0 Å². The number of amides is 1. The van der Waals surface area contributed by atoms with Gasteiger partial charge in [-0.25, -0.2) is 0 Å². The van der Waals surface area contributed by atoms with E-state index in [2.05, 4.69) is 36.6 Å². The van der Waals surface area contributed by atoms with E-state index in [4.69, 9.17) is 9.47 Å². The van der Waals surface area contributed by atoms with Crippen LogP contribution in [0.4, 0.5) is 0 Å². The molecule has 5 heteroatoms. The summed E-state index contributed by atoms with van der Waals surface area (Å²) in [5, 5.41) is 6.29. The third-order valence-corrected chi connectivity index (χ3v) is 4.23. The first-order valence-corrected chi connectivity index (χ1v) is 8.57. The fourth-order valence-corrected chi connectivity index (χ4v) is 2.92. The topological polar surface area (TPSA) is 59.6 Å². The van der Waals surface area contributed by atoms with Crippen molar-refractivity contribution < 1.29 is 14.3 Å². The highest BCUT2D eigenvalue weighted by Crippen LogP contribution is 2.32. The zero-order chi connectivity index (χ0) is 17.6. The molecule has 1 amide bonds. The largest absolute Gasteiger partial charge is 0.454 e. The maximum absolute atomic E-state index is 12.2. The van der Waals surface area contributed by atoms with Crippen LogP contribution in [-0.2, 0) is 11.3 Å². The molecule has 1 atom stereocenters. The summed E-state index contributed by atoms with van der Waals surface area (Å²) in [6.07, 6.45) is 0. The van der Waals surface area contributed by atoms with Crippen molar-refractivity contribution in [2.24, 2.45) is 5.92 Å². The molecule has 0 saturated carbocycles. The van der Waals surface area contributed by atoms with Crippen molar-refractivity contribution in [3.8, 4) is 11.5 Å². The van der Waals surface area contributed by atoms with E-state index in [0.29, 0.717) is 12.5 Å². The minimum atomic E-state index is -0.0285. The van der Waals surface area contributed by atoms with Gasteiger partial charge in [0, 0.05) is 12.6 Å². The Labute approximate surface area is 148 Å². The highest BCUT2D eigenvalue weighted by molar-refractivity contribution is 5.78. The molecule has 25 heavy (non-hydrogen) atoms. The fourth-order valence-electron chi connectivity index (χ4n) is 2.92. The summed E-state index contributed by atoms with van der Waals surface area (Å²) in [4.78, 5) is 12.2. The number of nitrogens with one attached hydrogen (secondary N) is 2. The Hall–Kier alpha value is -2.53. The van der Waals surface area contributed by atoms with E-state index < -0.39 is 0 Å². The van der Waals surface area contributed by atoms with Crippen molar-refractivity contribution in [1.29, 1.82) is 0 Å². The molecule has 0 aromatic heterocycles. The van der Waals surface area contributed by atoms with Crippen molar-refractivity contribution in [2.45, 2.75) is 26.4 Å². The molecule has 0 saturated heterocycles. The highest BCUT2D eigenvalue weighted by Gasteiger charge is 2.17. The van der Waals surface area contributed by atoms with Crippen molar-refractivity contribution in [3.05, 3.63) is 59.7 Å². The molecule has 1 aliphatic heterocycles. The fraction of sp³-hybridized carbons (Fsp3) is 0.350. The van der Waals surface area contributed by atoms with Crippen LogP contribution in [0.25, 0.3) is 0 Å². The lowest BCUT2D eigenvalue weighted by Gasteiger charge is -2.22. The highest BCUT2D eigenvalue weighted by atomic mass is 16.7. The van der Waals surface area contributed by atoms with E-state index >= 15 is 0 Å². The lowest BCUT2D eigenvalue weighted by Crippen LogP contribution is -2.37. The molecule has 1 heterocycles. The van der Waals surface area contributed by atoms with Crippen LogP contribution in [-0.4, -0.2) is 19.2 Å². The van der Waals surface area contributed by atoms with Gasteiger partial charge in [-0.3, -0.25) is 4.79 Å². The Balaban J connectivity index is 1.50. The summed E-state index contributed by atoms with van der Waals surface area (Å²) in [5.74, 6) is 1.84. The lowest BCUT2D eigenvalue weighted by molar-refractivity contribution is -0.120. The SMILES string of the molecule is CC(C)[C@@H](NCC(=O)NCc1ccc2c(c1)OCO2)c1ccccc1. The molecule has 0 bridgehead atoms. The van der Waals surface area contributed by atoms with Gasteiger partial charge in [0.25, 0.3) is 0 Å². The van der Waals surface area contributed by atoms with Gasteiger partial charge in [0.15, 0.2) is 11.5 Å². The summed E-state index contributed by atoms with van der Waals surface area (Å²) in [6.45, 7) is 5.30. The standard InChI is InChI=1S/C20H24N2O3/c1-14(2)20(16-6-4-3-5-7-16)22-12-19(23)21-11-15-8-9-17-18(10-15)25-13-24-17/h3-10,14,20,22H,11-13H2,1-2H3,(H,21,23)/t20-/m1/s1. The molecule has 132 valence electrons. The second-order valence-electron chi connectivity index (χ2n) is 6.48. The Morgan fingerprint density at radius 3 is 2.60 bits per heavy atom. The monoisotopic (exact) mass is 340 g/mol. The van der Waals surface area contributed by atoms with Crippen LogP contribution < -0.4 is 20.1 Å². The van der Waals surface area contributed by atoms with Gasteiger partial charge in [0.1, 0.15) is 0 Å². The first-order valence-electron chi connectivity index (χ1n) is 8.57. The van der Waals surface area contributed by atoms with Crippen LogP contribution in [0.15, 0.2) is 48.5 Å². The Morgan fingerprint density at radius 1 is 1.08 bits per heavy atom. The average Bonchev–Trinajstić information content (AvgIpc) is 3.08. The first-order chi connectivity index (χ1) is 12.1. The van der Waals surface area contributed by atoms with Crippen molar-refractivity contribution in [3.63, 3.8) is 0 Å². The molecule has 2 N–H and O–H groups in total. The lowest BCUT2D eigenvalue weighted by atomic mass is 9.96. The summed E-state index contributed by atoms with van der Waals surface area (Å²) >= 11 is 0. The summed E-state index contributed by atoms with van der Waals surface area (Å²) in [7, 11) is 0. The van der Waals surface area contributed by atoms with Gasteiger partial charge in [-0.1, -0.05) is 50.2 Å². The van der Waals surface area contributed by atoms with E-state index in [1.165, 1.54) is 5.56 Å². The molecule has 0 radical (unpaired) electrons. The Kier molecular flexibility index (Phi) is 5.56. The maximum atomic E-state index is 12.2. The second kappa shape index (κ2) is 8.03. The predicted molar refractivity (Wildman–Crippen MR) is 96.4 cm³/mol. The number of hydrogen-bond donors (Lipinski definition) is 2. The van der Waals surface area contributed by atoms with Crippen LogP contribution in [0.5, 0.6) is 11.5 Å². The number of fused-ring (bicyclic) bond motifs is 1. The summed E-state index contributed by atoms with van der Waals surface area (Å²) in [6, 6.07) is 16.1. The molecule has 3 rings (SSSR count). The maximum Gasteiger partial charge on any atom is 0.234 e. The van der Waals surface area contributed by atoms with Crippen LogP contribution >= 0.6 is 0 Å². The molecule has 2 aromatic rings. The number of hydrogen-bond acceptors (Lipinski definition) is 4. The molecular weight excluding hydrogens is 316 g/mol. The quantitative estimate of drug-likeness (QED) is 0.813. The smallest absolute Gasteiger partial charge is 0.234 e. The van der Waals surface area contributed by atoms with Crippen molar-refractivity contribution in [1.82, 2.24) is 10.6 Å².